The first-order valence-corrected chi connectivity index (χ1v) is 11.4. The minimum absolute atomic E-state index is 0.224. The number of nitrogens with zero attached hydrogens (tertiary/aromatic N) is 2. The number of rotatable bonds is 4. The van der Waals surface area contributed by atoms with Crippen LogP contribution in [-0.2, 0) is 21.5 Å². The average Bonchev–Trinajstić information content (AvgIpc) is 3.32. The molecule has 0 unspecified atom stereocenters. The minimum Gasteiger partial charge on any atom is -0.465 e. The molecule has 1 atom stereocenters. The molecule has 0 saturated carbocycles. The van der Waals surface area contributed by atoms with Crippen molar-refractivity contribution in [2.24, 2.45) is 0 Å². The molecule has 3 aliphatic rings. The largest absolute Gasteiger partial charge is 0.465 e. The summed E-state index contributed by atoms with van der Waals surface area (Å²) in [4.78, 5) is 17.4. The molecule has 1 aliphatic carbocycles. The van der Waals surface area contributed by atoms with Crippen LogP contribution in [-0.4, -0.2) is 55.1 Å². The quantitative estimate of drug-likeness (QED) is 0.771. The maximum Gasteiger partial charge on any atom is 0.223 e. The zero-order chi connectivity index (χ0) is 20.6. The van der Waals surface area contributed by atoms with Gasteiger partial charge in [0.1, 0.15) is 11.5 Å². The second-order valence-electron chi connectivity index (χ2n) is 9.25. The van der Waals surface area contributed by atoms with Gasteiger partial charge in [0.15, 0.2) is 0 Å². The van der Waals surface area contributed by atoms with Crippen LogP contribution in [0.2, 0.25) is 0 Å². The fourth-order valence-electron chi connectivity index (χ4n) is 5.77. The lowest BCUT2D eigenvalue weighted by Gasteiger charge is -2.40. The Morgan fingerprint density at radius 2 is 1.83 bits per heavy atom. The fraction of sp³-hybridized carbons (Fsp3) is 0.560. The molecule has 5 nitrogen and oxygen atoms in total. The lowest BCUT2D eigenvalue weighted by Crippen LogP contribution is -2.42. The summed E-state index contributed by atoms with van der Waals surface area (Å²) in [6.07, 6.45) is 4.06. The SMILES string of the molecule is Cc1ccc(CN2CCC3(CC2)C[C@H](CC(=O)N2CCOCC2)c2ccccc23)o1. The lowest BCUT2D eigenvalue weighted by atomic mass is 9.73. The van der Waals surface area contributed by atoms with E-state index in [1.807, 2.05) is 17.9 Å². The van der Waals surface area contributed by atoms with Gasteiger partial charge in [-0.2, -0.15) is 0 Å². The molecular formula is C25H32N2O3. The van der Waals surface area contributed by atoms with E-state index in [4.69, 9.17) is 9.15 Å². The van der Waals surface area contributed by atoms with Gasteiger partial charge < -0.3 is 14.1 Å². The molecule has 30 heavy (non-hydrogen) atoms. The van der Waals surface area contributed by atoms with Crippen LogP contribution < -0.4 is 0 Å². The number of carbonyl (C=O) groups excluding carboxylic acids is 1. The first-order valence-electron chi connectivity index (χ1n) is 11.4. The Morgan fingerprint density at radius 1 is 1.07 bits per heavy atom. The molecule has 2 saturated heterocycles. The highest BCUT2D eigenvalue weighted by molar-refractivity contribution is 5.77. The van der Waals surface area contributed by atoms with Gasteiger partial charge in [-0.25, -0.2) is 0 Å². The summed E-state index contributed by atoms with van der Waals surface area (Å²) in [5.74, 6) is 2.68. The van der Waals surface area contributed by atoms with Gasteiger partial charge in [-0.3, -0.25) is 9.69 Å². The average molecular weight is 409 g/mol. The molecule has 1 spiro atoms. The number of amides is 1. The monoisotopic (exact) mass is 408 g/mol. The summed E-state index contributed by atoms with van der Waals surface area (Å²) in [5.41, 5.74) is 3.13. The molecule has 0 N–H and O–H groups in total. The molecule has 1 aromatic heterocycles. The van der Waals surface area contributed by atoms with Crippen LogP contribution in [0.25, 0.3) is 0 Å². The Hall–Kier alpha value is -2.11. The van der Waals surface area contributed by atoms with Gasteiger partial charge in [0.25, 0.3) is 0 Å². The summed E-state index contributed by atoms with van der Waals surface area (Å²) in [6.45, 7) is 7.87. The van der Waals surface area contributed by atoms with Crippen molar-refractivity contribution in [3.63, 3.8) is 0 Å². The Kier molecular flexibility index (Phi) is 5.42. The number of ether oxygens (including phenoxy) is 1. The molecule has 5 heteroatoms. The third kappa shape index (κ3) is 3.81. The highest BCUT2D eigenvalue weighted by atomic mass is 16.5. The van der Waals surface area contributed by atoms with Crippen molar-refractivity contribution in [3.05, 3.63) is 59.0 Å². The van der Waals surface area contributed by atoms with Crippen molar-refractivity contribution in [2.75, 3.05) is 39.4 Å². The van der Waals surface area contributed by atoms with Gasteiger partial charge in [0.05, 0.1) is 19.8 Å². The van der Waals surface area contributed by atoms with Crippen molar-refractivity contribution in [3.8, 4) is 0 Å². The zero-order valence-electron chi connectivity index (χ0n) is 17.9. The number of likely N-dealkylation sites (tertiary alicyclic amines) is 1. The van der Waals surface area contributed by atoms with Gasteiger partial charge >= 0.3 is 0 Å². The van der Waals surface area contributed by atoms with Crippen LogP contribution >= 0.6 is 0 Å². The van der Waals surface area contributed by atoms with Gasteiger partial charge in [0.2, 0.25) is 5.91 Å². The predicted octanol–water partition coefficient (Wildman–Crippen LogP) is 3.86. The van der Waals surface area contributed by atoms with Gasteiger partial charge in [-0.1, -0.05) is 24.3 Å². The topological polar surface area (TPSA) is 45.9 Å². The Bertz CT molecular complexity index is 891. The molecule has 2 fully saturated rings. The molecule has 2 aromatic rings. The molecule has 5 rings (SSSR count). The molecule has 1 aromatic carbocycles. The number of aryl methyl sites for hydroxylation is 1. The summed E-state index contributed by atoms with van der Waals surface area (Å²) in [5, 5.41) is 0. The molecule has 1 amide bonds. The van der Waals surface area contributed by atoms with Crippen molar-refractivity contribution in [1.29, 1.82) is 0 Å². The van der Waals surface area contributed by atoms with E-state index >= 15 is 0 Å². The maximum absolute atomic E-state index is 12.9. The molecule has 160 valence electrons. The normalized spacial score (nSPS) is 23.6. The van der Waals surface area contributed by atoms with Crippen molar-refractivity contribution >= 4 is 5.91 Å². The van der Waals surface area contributed by atoms with E-state index in [1.54, 1.807) is 0 Å². The van der Waals surface area contributed by atoms with E-state index in [-0.39, 0.29) is 5.41 Å². The third-order valence-corrected chi connectivity index (χ3v) is 7.38. The van der Waals surface area contributed by atoms with Gasteiger partial charge in [-0.15, -0.1) is 0 Å². The van der Waals surface area contributed by atoms with Crippen LogP contribution in [0.3, 0.4) is 0 Å². The van der Waals surface area contributed by atoms with Crippen LogP contribution in [0.4, 0.5) is 0 Å². The lowest BCUT2D eigenvalue weighted by molar-refractivity contribution is -0.135. The second-order valence-corrected chi connectivity index (χ2v) is 9.25. The molecule has 0 bridgehead atoms. The van der Waals surface area contributed by atoms with E-state index in [0.717, 1.165) is 63.5 Å². The van der Waals surface area contributed by atoms with Crippen molar-refractivity contribution in [2.45, 2.75) is 50.5 Å². The number of fused-ring (bicyclic) bond motifs is 2. The first-order chi connectivity index (χ1) is 14.6. The standard InChI is InChI=1S/C25H32N2O3/c1-19-6-7-21(30-19)18-26-10-8-25(9-11-26)17-20(22-4-2-3-5-23(22)25)16-24(28)27-12-14-29-15-13-27/h2-7,20H,8-18H2,1H3/t20-/m0/s1. The molecule has 2 aliphatic heterocycles. The number of benzene rings is 1. The predicted molar refractivity (Wildman–Crippen MR) is 115 cm³/mol. The Morgan fingerprint density at radius 3 is 2.57 bits per heavy atom. The molecule has 3 heterocycles. The second kappa shape index (κ2) is 8.20. The maximum atomic E-state index is 12.9. The van der Waals surface area contributed by atoms with Crippen LogP contribution in [0, 0.1) is 6.92 Å². The smallest absolute Gasteiger partial charge is 0.223 e. The third-order valence-electron chi connectivity index (χ3n) is 7.38. The first kappa shape index (κ1) is 19.8. The molecular weight excluding hydrogens is 376 g/mol. The zero-order valence-corrected chi connectivity index (χ0v) is 17.9. The fourth-order valence-corrected chi connectivity index (χ4v) is 5.77. The van der Waals surface area contributed by atoms with E-state index < -0.39 is 0 Å². The number of morpholine rings is 1. The van der Waals surface area contributed by atoms with Crippen LogP contribution in [0.15, 0.2) is 40.8 Å². The van der Waals surface area contributed by atoms with Crippen molar-refractivity contribution < 1.29 is 13.9 Å². The Balaban J connectivity index is 1.27. The minimum atomic E-state index is 0.224. The number of hydrogen-bond acceptors (Lipinski definition) is 4. The van der Waals surface area contributed by atoms with Gasteiger partial charge in [0, 0.05) is 19.5 Å². The number of piperidine rings is 1. The summed E-state index contributed by atoms with van der Waals surface area (Å²) in [6, 6.07) is 13.0. The summed E-state index contributed by atoms with van der Waals surface area (Å²) in [7, 11) is 0. The van der Waals surface area contributed by atoms with Gasteiger partial charge in [-0.05, 0) is 73.9 Å². The summed E-state index contributed by atoms with van der Waals surface area (Å²) >= 11 is 0. The van der Waals surface area contributed by atoms with E-state index in [9.17, 15) is 4.79 Å². The number of carbonyl (C=O) groups is 1. The summed E-state index contributed by atoms with van der Waals surface area (Å²) < 4.78 is 11.2. The Labute approximate surface area is 179 Å². The van der Waals surface area contributed by atoms with E-state index in [2.05, 4.69) is 35.2 Å². The van der Waals surface area contributed by atoms with Crippen LogP contribution in [0.1, 0.15) is 54.2 Å². The highest BCUT2D eigenvalue weighted by Crippen LogP contribution is 2.52. The number of hydrogen-bond donors (Lipinski definition) is 0. The van der Waals surface area contributed by atoms with E-state index in [0.29, 0.717) is 31.5 Å². The van der Waals surface area contributed by atoms with E-state index in [1.165, 1.54) is 11.1 Å². The van der Waals surface area contributed by atoms with Crippen LogP contribution in [0.5, 0.6) is 0 Å². The molecule has 0 radical (unpaired) electrons. The number of furan rings is 1. The van der Waals surface area contributed by atoms with Crippen molar-refractivity contribution in [1.82, 2.24) is 9.80 Å². The highest BCUT2D eigenvalue weighted by Gasteiger charge is 2.45.